The van der Waals surface area contributed by atoms with Crippen molar-refractivity contribution in [1.29, 1.82) is 0 Å². The molecule has 0 aromatic carbocycles. The number of nitrogen functional groups attached to an aromatic ring is 1. The van der Waals surface area contributed by atoms with Crippen molar-refractivity contribution < 1.29 is 9.18 Å². The van der Waals surface area contributed by atoms with Gasteiger partial charge in [0.05, 0.1) is 5.56 Å². The van der Waals surface area contributed by atoms with Gasteiger partial charge >= 0.3 is 0 Å². The van der Waals surface area contributed by atoms with Crippen molar-refractivity contribution >= 4 is 11.7 Å². The summed E-state index contributed by atoms with van der Waals surface area (Å²) in [6, 6.07) is 1.32. The molecule has 2 rings (SSSR count). The molecule has 1 aromatic rings. The number of likely N-dealkylation sites (N-methyl/N-ethyl adjacent to an activating group) is 1. The van der Waals surface area contributed by atoms with Crippen LogP contribution in [0.2, 0.25) is 0 Å². The molecule has 0 bridgehead atoms. The van der Waals surface area contributed by atoms with E-state index in [2.05, 4.69) is 20.7 Å². The van der Waals surface area contributed by atoms with Crippen LogP contribution >= 0.6 is 0 Å². The average molecular weight is 268 g/mol. The Labute approximate surface area is 110 Å². The maximum Gasteiger partial charge on any atom is 0.268 e. The lowest BCUT2D eigenvalue weighted by atomic mass is 10.2. The number of aromatic nitrogens is 1. The van der Waals surface area contributed by atoms with Crippen molar-refractivity contribution in [2.45, 2.75) is 0 Å². The Hall–Kier alpha value is -1.77. The van der Waals surface area contributed by atoms with Gasteiger partial charge in [-0.05, 0) is 13.1 Å². The Kier molecular flexibility index (Phi) is 4.25. The lowest BCUT2D eigenvalue weighted by molar-refractivity contribution is 0.0658. The fraction of sp³-hybridized carbons (Fsp3) is 0.455. The van der Waals surface area contributed by atoms with Crippen LogP contribution in [0.5, 0.6) is 0 Å². The minimum atomic E-state index is -0.753. The van der Waals surface area contributed by atoms with Gasteiger partial charge in [-0.15, -0.1) is 0 Å². The van der Waals surface area contributed by atoms with E-state index in [0.29, 0.717) is 13.1 Å². The Balaban J connectivity index is 2.04. The number of anilines is 1. The number of carbonyl (C=O) groups is 1. The van der Waals surface area contributed by atoms with Crippen LogP contribution in [0.25, 0.3) is 0 Å². The second-order valence-corrected chi connectivity index (χ2v) is 4.40. The molecule has 0 atom stereocenters. The minimum absolute atomic E-state index is 0.0816. The summed E-state index contributed by atoms with van der Waals surface area (Å²) in [4.78, 5) is 17.8. The third-order valence-electron chi connectivity index (χ3n) is 3.03. The van der Waals surface area contributed by atoms with Crippen LogP contribution in [-0.2, 0) is 0 Å². The highest BCUT2D eigenvalue weighted by atomic mass is 19.1. The zero-order valence-electron chi connectivity index (χ0n) is 10.7. The number of hydrogen-bond acceptors (Lipinski definition) is 6. The molecule has 104 valence electrons. The highest BCUT2D eigenvalue weighted by Gasteiger charge is 2.20. The second kappa shape index (κ2) is 5.91. The summed E-state index contributed by atoms with van der Waals surface area (Å²) in [7, 11) is 2.01. The first kappa shape index (κ1) is 13.7. The number of piperazine rings is 1. The molecule has 19 heavy (non-hydrogen) atoms. The van der Waals surface area contributed by atoms with Crippen molar-refractivity contribution in [2.75, 3.05) is 38.7 Å². The summed E-state index contributed by atoms with van der Waals surface area (Å²) < 4.78 is 13.8. The number of carbonyl (C=O) groups excluding carboxylic acids is 1. The molecule has 4 N–H and O–H groups in total. The van der Waals surface area contributed by atoms with Gasteiger partial charge in [-0.25, -0.2) is 20.2 Å². The summed E-state index contributed by atoms with van der Waals surface area (Å²) in [5.74, 6) is 3.72. The molecule has 0 radical (unpaired) electrons. The number of hydrazine groups is 2. The first-order valence-electron chi connectivity index (χ1n) is 5.97. The van der Waals surface area contributed by atoms with Crippen LogP contribution in [0.15, 0.2) is 12.3 Å². The molecule has 2 heterocycles. The molecular weight excluding hydrogens is 251 g/mol. The van der Waals surface area contributed by atoms with E-state index in [1.807, 2.05) is 7.05 Å². The summed E-state index contributed by atoms with van der Waals surface area (Å²) in [5.41, 5.74) is 4.71. The normalized spacial score (nSPS) is 17.2. The van der Waals surface area contributed by atoms with E-state index >= 15 is 0 Å². The molecule has 1 aliphatic rings. The molecule has 1 amide bonds. The molecule has 1 saturated heterocycles. The Bertz CT molecular complexity index is 460. The maximum atomic E-state index is 13.8. The van der Waals surface area contributed by atoms with Crippen molar-refractivity contribution in [3.8, 4) is 0 Å². The van der Waals surface area contributed by atoms with Gasteiger partial charge in [0.25, 0.3) is 5.91 Å². The van der Waals surface area contributed by atoms with Crippen LogP contribution in [0.1, 0.15) is 10.4 Å². The maximum absolute atomic E-state index is 13.8. The van der Waals surface area contributed by atoms with Crippen molar-refractivity contribution in [3.05, 3.63) is 23.6 Å². The summed E-state index contributed by atoms with van der Waals surface area (Å²) in [5, 5.41) is 1.78. The standard InChI is InChI=1S/C11H17FN6O/c1-17-4-6-18(7-5-17)16-11(19)8-2-3-14-10(15-13)9(8)12/h2-3H,4-7,13H2,1H3,(H,14,15)(H,16,19). The first-order chi connectivity index (χ1) is 9.11. The lowest BCUT2D eigenvalue weighted by Gasteiger charge is -2.32. The van der Waals surface area contributed by atoms with Crippen molar-refractivity contribution in [2.24, 2.45) is 5.84 Å². The van der Waals surface area contributed by atoms with E-state index in [0.717, 1.165) is 13.1 Å². The van der Waals surface area contributed by atoms with E-state index in [1.165, 1.54) is 12.3 Å². The monoisotopic (exact) mass is 268 g/mol. The highest BCUT2D eigenvalue weighted by molar-refractivity contribution is 5.94. The average Bonchev–Trinajstić information content (AvgIpc) is 2.41. The Morgan fingerprint density at radius 3 is 2.74 bits per heavy atom. The molecule has 7 nitrogen and oxygen atoms in total. The predicted molar refractivity (Wildman–Crippen MR) is 68.5 cm³/mol. The SMILES string of the molecule is CN1CCN(NC(=O)c2ccnc(NN)c2F)CC1. The summed E-state index contributed by atoms with van der Waals surface area (Å²) >= 11 is 0. The van der Waals surface area contributed by atoms with Gasteiger partial charge in [0.1, 0.15) is 0 Å². The number of nitrogens with zero attached hydrogens (tertiary/aromatic N) is 3. The van der Waals surface area contributed by atoms with Crippen LogP contribution in [-0.4, -0.2) is 54.0 Å². The summed E-state index contributed by atoms with van der Waals surface area (Å²) in [6.07, 6.45) is 1.33. The molecule has 1 fully saturated rings. The third kappa shape index (κ3) is 3.16. The predicted octanol–water partition coefficient (Wildman–Crippen LogP) is -0.602. The zero-order chi connectivity index (χ0) is 13.8. The van der Waals surface area contributed by atoms with Gasteiger partial charge < -0.3 is 10.3 Å². The summed E-state index contributed by atoms with van der Waals surface area (Å²) in [6.45, 7) is 3.12. The number of halogens is 1. The van der Waals surface area contributed by atoms with Gasteiger partial charge in [0.15, 0.2) is 11.6 Å². The fourth-order valence-corrected chi connectivity index (χ4v) is 1.84. The van der Waals surface area contributed by atoms with E-state index in [1.54, 1.807) is 5.01 Å². The Morgan fingerprint density at radius 1 is 1.42 bits per heavy atom. The van der Waals surface area contributed by atoms with Gasteiger partial charge in [-0.2, -0.15) is 0 Å². The molecule has 0 unspecified atom stereocenters. The smallest absolute Gasteiger partial charge is 0.268 e. The van der Waals surface area contributed by atoms with E-state index in [4.69, 9.17) is 5.84 Å². The second-order valence-electron chi connectivity index (χ2n) is 4.40. The van der Waals surface area contributed by atoms with Crippen molar-refractivity contribution in [3.63, 3.8) is 0 Å². The number of hydrogen-bond donors (Lipinski definition) is 3. The van der Waals surface area contributed by atoms with E-state index in [-0.39, 0.29) is 11.4 Å². The number of pyridine rings is 1. The van der Waals surface area contributed by atoms with Gasteiger partial charge in [0.2, 0.25) is 0 Å². The zero-order valence-corrected chi connectivity index (χ0v) is 10.7. The molecule has 0 saturated carbocycles. The quantitative estimate of drug-likeness (QED) is 0.501. The van der Waals surface area contributed by atoms with Crippen molar-refractivity contribution in [1.82, 2.24) is 20.3 Å². The van der Waals surface area contributed by atoms with Gasteiger partial charge in [-0.3, -0.25) is 10.2 Å². The van der Waals surface area contributed by atoms with Gasteiger partial charge in [0, 0.05) is 32.4 Å². The molecule has 8 heteroatoms. The Morgan fingerprint density at radius 2 is 2.11 bits per heavy atom. The number of nitrogens with two attached hydrogens (primary N) is 1. The lowest BCUT2D eigenvalue weighted by Crippen LogP contribution is -2.52. The molecule has 1 aromatic heterocycles. The number of amides is 1. The number of nitrogens with one attached hydrogen (secondary N) is 2. The highest BCUT2D eigenvalue weighted by Crippen LogP contribution is 2.13. The van der Waals surface area contributed by atoms with Gasteiger partial charge in [-0.1, -0.05) is 0 Å². The minimum Gasteiger partial charge on any atom is -0.306 e. The van der Waals surface area contributed by atoms with E-state index < -0.39 is 11.7 Å². The topological polar surface area (TPSA) is 86.5 Å². The number of rotatable bonds is 3. The first-order valence-corrected chi connectivity index (χ1v) is 5.97. The third-order valence-corrected chi connectivity index (χ3v) is 3.03. The van der Waals surface area contributed by atoms with E-state index in [9.17, 15) is 9.18 Å². The van der Waals surface area contributed by atoms with Crippen LogP contribution in [0, 0.1) is 5.82 Å². The molecule has 0 spiro atoms. The van der Waals surface area contributed by atoms with Crippen LogP contribution < -0.4 is 16.7 Å². The van der Waals surface area contributed by atoms with Crippen LogP contribution in [0.3, 0.4) is 0 Å². The molecular formula is C11H17FN6O. The molecule has 0 aliphatic carbocycles. The largest absolute Gasteiger partial charge is 0.306 e. The fourth-order valence-electron chi connectivity index (χ4n) is 1.84. The molecule has 1 aliphatic heterocycles. The van der Waals surface area contributed by atoms with Crippen LogP contribution in [0.4, 0.5) is 10.2 Å².